The van der Waals surface area contributed by atoms with Crippen LogP contribution in [-0.4, -0.2) is 30.6 Å². The highest BCUT2D eigenvalue weighted by Gasteiger charge is 2.29. The third kappa shape index (κ3) is 6.08. The van der Waals surface area contributed by atoms with E-state index in [2.05, 4.69) is 10.6 Å². The lowest BCUT2D eigenvalue weighted by Gasteiger charge is -2.20. The maximum Gasteiger partial charge on any atom is 0.348 e. The quantitative estimate of drug-likeness (QED) is 0.712. The molecule has 0 bridgehead atoms. The van der Waals surface area contributed by atoms with Gasteiger partial charge >= 0.3 is 12.0 Å². The molecule has 0 heterocycles. The first-order valence-corrected chi connectivity index (χ1v) is 8.67. The molecule has 3 amide bonds. The molecular weight excluding hydrogens is 367 g/mol. The molecular formula is C20H21FN2O5. The molecule has 0 unspecified atom stereocenters. The Morgan fingerprint density at radius 1 is 1.04 bits per heavy atom. The van der Waals surface area contributed by atoms with Crippen molar-refractivity contribution in [2.75, 3.05) is 6.54 Å². The minimum atomic E-state index is -1.34. The van der Waals surface area contributed by atoms with Crippen LogP contribution in [0.15, 0.2) is 54.6 Å². The van der Waals surface area contributed by atoms with Gasteiger partial charge in [0, 0.05) is 12.1 Å². The molecule has 0 radical (unpaired) electrons. The molecule has 7 nitrogen and oxygen atoms in total. The Kier molecular flexibility index (Phi) is 7.50. The minimum Gasteiger partial charge on any atom is -0.479 e. The topological polar surface area (TPSA) is 93.7 Å². The van der Waals surface area contributed by atoms with Gasteiger partial charge in [-0.1, -0.05) is 30.3 Å². The van der Waals surface area contributed by atoms with Crippen molar-refractivity contribution in [1.29, 1.82) is 0 Å². The standard InChI is InChI=1S/C20H21FN2O5/c1-3-22-20(26)23-18(24)17(14-7-5-4-6-8-14)28-19(25)13(2)27-16-11-9-15(21)10-12-16/h4-13,17H,3H2,1-2H3,(H2,22,23,24,26)/t13-,17+/m0/s1. The molecule has 2 N–H and O–H groups in total. The summed E-state index contributed by atoms with van der Waals surface area (Å²) in [6, 6.07) is 12.7. The number of amides is 3. The predicted octanol–water partition coefficient (Wildman–Crippen LogP) is 2.72. The summed E-state index contributed by atoms with van der Waals surface area (Å²) in [5.41, 5.74) is 0.395. The van der Waals surface area contributed by atoms with Gasteiger partial charge in [0.15, 0.2) is 6.10 Å². The van der Waals surface area contributed by atoms with Crippen LogP contribution in [0.2, 0.25) is 0 Å². The molecule has 28 heavy (non-hydrogen) atoms. The van der Waals surface area contributed by atoms with E-state index < -0.39 is 35.9 Å². The van der Waals surface area contributed by atoms with Crippen molar-refractivity contribution in [1.82, 2.24) is 10.6 Å². The highest BCUT2D eigenvalue weighted by molar-refractivity contribution is 5.97. The average Bonchev–Trinajstić information content (AvgIpc) is 2.68. The van der Waals surface area contributed by atoms with Gasteiger partial charge < -0.3 is 14.8 Å². The van der Waals surface area contributed by atoms with E-state index >= 15 is 0 Å². The summed E-state index contributed by atoms with van der Waals surface area (Å²) in [4.78, 5) is 36.5. The Balaban J connectivity index is 2.10. The number of esters is 1. The molecule has 2 atom stereocenters. The second-order valence-corrected chi connectivity index (χ2v) is 5.79. The molecule has 0 spiro atoms. The van der Waals surface area contributed by atoms with Gasteiger partial charge in [0.2, 0.25) is 6.10 Å². The van der Waals surface area contributed by atoms with Crippen LogP contribution in [0.5, 0.6) is 5.75 Å². The molecule has 0 aliphatic rings. The first-order chi connectivity index (χ1) is 13.4. The van der Waals surface area contributed by atoms with Crippen LogP contribution in [0.4, 0.5) is 9.18 Å². The summed E-state index contributed by atoms with van der Waals surface area (Å²) in [5.74, 6) is -1.77. The smallest absolute Gasteiger partial charge is 0.348 e. The molecule has 2 aromatic rings. The molecule has 0 fully saturated rings. The third-order valence-electron chi connectivity index (χ3n) is 3.61. The van der Waals surface area contributed by atoms with Crippen molar-refractivity contribution in [3.8, 4) is 5.75 Å². The van der Waals surface area contributed by atoms with E-state index in [1.165, 1.54) is 31.2 Å². The number of ether oxygens (including phenoxy) is 2. The predicted molar refractivity (Wildman–Crippen MR) is 99.0 cm³/mol. The lowest BCUT2D eigenvalue weighted by molar-refractivity contribution is -0.162. The first kappa shape index (κ1) is 20.9. The summed E-state index contributed by atoms with van der Waals surface area (Å²) in [6.45, 7) is 3.47. The highest BCUT2D eigenvalue weighted by atomic mass is 19.1. The third-order valence-corrected chi connectivity index (χ3v) is 3.61. The minimum absolute atomic E-state index is 0.272. The van der Waals surface area contributed by atoms with Crippen LogP contribution in [0.1, 0.15) is 25.5 Å². The molecule has 148 valence electrons. The number of benzene rings is 2. The molecule has 0 aliphatic carbocycles. The van der Waals surface area contributed by atoms with Crippen LogP contribution in [0.3, 0.4) is 0 Å². The summed E-state index contributed by atoms with van der Waals surface area (Å²) >= 11 is 0. The Morgan fingerprint density at radius 3 is 2.29 bits per heavy atom. The average molecular weight is 388 g/mol. The van der Waals surface area contributed by atoms with Crippen LogP contribution in [0.25, 0.3) is 0 Å². The normalized spacial score (nSPS) is 12.4. The maximum atomic E-state index is 13.0. The Bertz CT molecular complexity index is 811. The van der Waals surface area contributed by atoms with Crippen LogP contribution < -0.4 is 15.4 Å². The van der Waals surface area contributed by atoms with Crippen LogP contribution in [0, 0.1) is 5.82 Å². The van der Waals surface area contributed by atoms with E-state index in [4.69, 9.17) is 9.47 Å². The summed E-state index contributed by atoms with van der Waals surface area (Å²) < 4.78 is 23.7. The Hall–Kier alpha value is -3.42. The zero-order valence-corrected chi connectivity index (χ0v) is 15.5. The second-order valence-electron chi connectivity index (χ2n) is 5.79. The number of carbonyl (C=O) groups is 3. The summed E-state index contributed by atoms with van der Waals surface area (Å²) in [6.07, 6.45) is -2.40. The highest BCUT2D eigenvalue weighted by Crippen LogP contribution is 2.20. The van der Waals surface area contributed by atoms with Gasteiger partial charge in [0.25, 0.3) is 5.91 Å². The fourth-order valence-corrected chi connectivity index (χ4v) is 2.26. The monoisotopic (exact) mass is 388 g/mol. The second kappa shape index (κ2) is 10.1. The van der Waals surface area contributed by atoms with E-state index in [1.807, 2.05) is 0 Å². The summed E-state index contributed by atoms with van der Waals surface area (Å²) in [7, 11) is 0. The number of hydrogen-bond donors (Lipinski definition) is 2. The Morgan fingerprint density at radius 2 is 1.68 bits per heavy atom. The number of nitrogens with one attached hydrogen (secondary N) is 2. The van der Waals surface area contributed by atoms with E-state index in [0.717, 1.165) is 0 Å². The molecule has 0 aliphatic heterocycles. The fraction of sp³-hybridized carbons (Fsp3) is 0.250. The van der Waals surface area contributed by atoms with E-state index in [-0.39, 0.29) is 5.75 Å². The summed E-state index contributed by atoms with van der Waals surface area (Å²) in [5, 5.41) is 4.56. The molecule has 0 saturated carbocycles. The first-order valence-electron chi connectivity index (χ1n) is 8.67. The zero-order chi connectivity index (χ0) is 20.5. The largest absolute Gasteiger partial charge is 0.479 e. The molecule has 0 saturated heterocycles. The number of halogens is 1. The van der Waals surface area contributed by atoms with Crippen LogP contribution >= 0.6 is 0 Å². The molecule has 0 aromatic heterocycles. The van der Waals surface area contributed by atoms with Gasteiger partial charge in [0.05, 0.1) is 0 Å². The van der Waals surface area contributed by atoms with Crippen molar-refractivity contribution in [3.63, 3.8) is 0 Å². The SMILES string of the molecule is CCNC(=O)NC(=O)[C@H](OC(=O)[C@H](C)Oc1ccc(F)cc1)c1ccccc1. The van der Waals surface area contributed by atoms with Crippen molar-refractivity contribution in [2.24, 2.45) is 0 Å². The lowest BCUT2D eigenvalue weighted by Crippen LogP contribution is -2.43. The van der Waals surface area contributed by atoms with Crippen LogP contribution in [-0.2, 0) is 14.3 Å². The number of carbonyl (C=O) groups excluding carboxylic acids is 3. The lowest BCUT2D eigenvalue weighted by atomic mass is 10.1. The number of rotatable bonds is 7. The van der Waals surface area contributed by atoms with Gasteiger partial charge in [-0.15, -0.1) is 0 Å². The van der Waals surface area contributed by atoms with Crippen molar-refractivity contribution >= 4 is 17.9 Å². The zero-order valence-electron chi connectivity index (χ0n) is 15.5. The van der Waals surface area contributed by atoms with Gasteiger partial charge in [-0.3, -0.25) is 10.1 Å². The van der Waals surface area contributed by atoms with Crippen molar-refractivity contribution in [3.05, 3.63) is 66.0 Å². The van der Waals surface area contributed by atoms with Crippen molar-refractivity contribution in [2.45, 2.75) is 26.1 Å². The van der Waals surface area contributed by atoms with Gasteiger partial charge in [0.1, 0.15) is 11.6 Å². The number of imide groups is 1. The van der Waals surface area contributed by atoms with Crippen molar-refractivity contribution < 1.29 is 28.2 Å². The molecule has 2 rings (SSSR count). The number of hydrogen-bond acceptors (Lipinski definition) is 5. The van der Waals surface area contributed by atoms with E-state index in [0.29, 0.717) is 12.1 Å². The van der Waals surface area contributed by atoms with E-state index in [1.54, 1.807) is 37.3 Å². The van der Waals surface area contributed by atoms with E-state index in [9.17, 15) is 18.8 Å². The fourth-order valence-electron chi connectivity index (χ4n) is 2.26. The van der Waals surface area contributed by atoms with Gasteiger partial charge in [-0.2, -0.15) is 0 Å². The van der Waals surface area contributed by atoms with Gasteiger partial charge in [-0.05, 0) is 38.1 Å². The van der Waals surface area contributed by atoms with Gasteiger partial charge in [-0.25, -0.2) is 14.0 Å². The molecule has 8 heteroatoms. The number of urea groups is 1. The maximum absolute atomic E-state index is 13.0. The molecule has 2 aromatic carbocycles. The Labute approximate surface area is 161 Å².